The fraction of sp³-hybridized carbons (Fsp3) is 0.500. The van der Waals surface area contributed by atoms with Crippen molar-refractivity contribution in [3.63, 3.8) is 0 Å². The number of piperidine rings is 3. The van der Waals surface area contributed by atoms with E-state index in [1.807, 2.05) is 12.1 Å². The van der Waals surface area contributed by atoms with Crippen molar-refractivity contribution in [2.75, 3.05) is 19.6 Å². The second-order valence-corrected chi connectivity index (χ2v) is 7.98. The molecule has 1 N–H and O–H groups in total. The van der Waals surface area contributed by atoms with Crippen molar-refractivity contribution in [2.45, 2.75) is 28.3 Å². The Balaban J connectivity index is 1.39. The summed E-state index contributed by atoms with van der Waals surface area (Å²) >= 11 is 2.84. The number of fused-ring (bicyclic) bond motifs is 3. The summed E-state index contributed by atoms with van der Waals surface area (Å²) in [7, 11) is 0. The summed E-state index contributed by atoms with van der Waals surface area (Å²) < 4.78 is 6.08. The highest BCUT2D eigenvalue weighted by atomic mass is 32.2. The van der Waals surface area contributed by atoms with Crippen molar-refractivity contribution in [1.82, 2.24) is 20.4 Å². The molecule has 6 nitrogen and oxygen atoms in total. The van der Waals surface area contributed by atoms with Gasteiger partial charge in [-0.3, -0.25) is 4.79 Å². The van der Waals surface area contributed by atoms with E-state index in [2.05, 4.69) is 20.4 Å². The van der Waals surface area contributed by atoms with Crippen LogP contribution in [0.15, 0.2) is 32.4 Å². The van der Waals surface area contributed by atoms with E-state index in [9.17, 15) is 4.79 Å². The van der Waals surface area contributed by atoms with E-state index in [0.29, 0.717) is 17.2 Å². The van der Waals surface area contributed by atoms with Gasteiger partial charge in [0, 0.05) is 12.6 Å². The molecule has 2 aromatic heterocycles. The number of amides is 1. The van der Waals surface area contributed by atoms with Crippen molar-refractivity contribution < 1.29 is 9.21 Å². The molecule has 0 aromatic carbocycles. The van der Waals surface area contributed by atoms with Gasteiger partial charge in [-0.1, -0.05) is 0 Å². The van der Waals surface area contributed by atoms with Crippen LogP contribution in [0.2, 0.25) is 0 Å². The lowest BCUT2D eigenvalue weighted by atomic mass is 9.84. The lowest BCUT2D eigenvalue weighted by Gasteiger charge is -2.44. The van der Waals surface area contributed by atoms with Crippen LogP contribution >= 0.6 is 23.1 Å². The first kappa shape index (κ1) is 14.2. The zero-order chi connectivity index (χ0) is 14.9. The van der Waals surface area contributed by atoms with Crippen molar-refractivity contribution in [1.29, 1.82) is 0 Å². The molecule has 3 fully saturated rings. The number of thiophene rings is 1. The number of hydrogen-bond acceptors (Lipinski definition) is 7. The van der Waals surface area contributed by atoms with Crippen LogP contribution in [0.4, 0.5) is 0 Å². The van der Waals surface area contributed by atoms with E-state index < -0.39 is 0 Å². The molecule has 0 spiro atoms. The normalized spacial score (nSPS) is 27.0. The summed E-state index contributed by atoms with van der Waals surface area (Å²) in [6, 6.07) is 4.08. The van der Waals surface area contributed by atoms with Gasteiger partial charge in [0.15, 0.2) is 0 Å². The molecule has 5 heterocycles. The molecule has 3 aliphatic rings. The Morgan fingerprint density at radius 2 is 2.27 bits per heavy atom. The lowest BCUT2D eigenvalue weighted by molar-refractivity contribution is 0.0622. The molecule has 1 amide bonds. The number of nitrogens with one attached hydrogen (secondary N) is 1. The molecule has 5 rings (SSSR count). The maximum Gasteiger partial charge on any atom is 0.282 e. The molecule has 0 aliphatic carbocycles. The number of nitrogens with zero attached hydrogens (tertiary/aromatic N) is 3. The number of carbonyl (C=O) groups excluding carboxylic acids is 1. The second-order valence-electron chi connectivity index (χ2n) is 5.64. The quantitative estimate of drug-likeness (QED) is 0.922. The molecule has 3 aliphatic heterocycles. The average molecular weight is 336 g/mol. The van der Waals surface area contributed by atoms with Crippen LogP contribution in [0.5, 0.6) is 0 Å². The topological polar surface area (TPSA) is 71.3 Å². The molecule has 22 heavy (non-hydrogen) atoms. The van der Waals surface area contributed by atoms with E-state index in [-0.39, 0.29) is 5.91 Å². The average Bonchev–Trinajstić information content (AvgIpc) is 3.21. The zero-order valence-electron chi connectivity index (χ0n) is 11.9. The van der Waals surface area contributed by atoms with Crippen molar-refractivity contribution >= 4 is 29.0 Å². The third-order valence-corrected chi connectivity index (χ3v) is 6.37. The molecule has 116 valence electrons. The van der Waals surface area contributed by atoms with Gasteiger partial charge in [-0.25, -0.2) is 0 Å². The molecule has 0 radical (unpaired) electrons. The molecule has 0 unspecified atom stereocenters. The summed E-state index contributed by atoms with van der Waals surface area (Å²) in [5.41, 5.74) is 0. The molecular formula is C14H16N4O2S2. The highest BCUT2D eigenvalue weighted by Gasteiger charge is 2.35. The number of carbonyl (C=O) groups is 1. The Kier molecular flexibility index (Phi) is 3.89. The van der Waals surface area contributed by atoms with Gasteiger partial charge < -0.3 is 14.6 Å². The van der Waals surface area contributed by atoms with Crippen molar-refractivity contribution in [2.24, 2.45) is 5.92 Å². The maximum atomic E-state index is 12.4. The second kappa shape index (κ2) is 6.02. The van der Waals surface area contributed by atoms with Crippen LogP contribution in [-0.2, 0) is 0 Å². The van der Waals surface area contributed by atoms with Crippen LogP contribution in [0.3, 0.4) is 0 Å². The molecule has 3 saturated heterocycles. The van der Waals surface area contributed by atoms with Gasteiger partial charge in [0.05, 0.1) is 9.09 Å². The fourth-order valence-electron chi connectivity index (χ4n) is 3.16. The summed E-state index contributed by atoms with van der Waals surface area (Å²) in [6.45, 7) is 3.35. The molecule has 1 atom stereocenters. The minimum absolute atomic E-state index is 0.0288. The van der Waals surface area contributed by atoms with Gasteiger partial charge in [0.25, 0.3) is 11.1 Å². The van der Waals surface area contributed by atoms with Gasteiger partial charge in [-0.2, -0.15) is 0 Å². The van der Waals surface area contributed by atoms with E-state index in [1.54, 1.807) is 0 Å². The highest BCUT2D eigenvalue weighted by molar-refractivity contribution is 8.01. The molecule has 8 heteroatoms. The highest BCUT2D eigenvalue weighted by Crippen LogP contribution is 2.32. The van der Waals surface area contributed by atoms with Gasteiger partial charge in [-0.05, 0) is 55.7 Å². The summed E-state index contributed by atoms with van der Waals surface area (Å²) in [5.74, 6) is 0.669. The SMILES string of the molecule is O=C(N[C@H]1CN2CCC1CC2)c1ccc(Sc2nnco2)s1. The molecule has 2 aromatic rings. The molecular weight excluding hydrogens is 320 g/mol. The first-order chi connectivity index (χ1) is 10.8. The Bertz CT molecular complexity index is 650. The standard InChI is InChI=1S/C14H16N4O2S2/c19-13(16-10-7-18-5-3-9(10)4-6-18)11-1-2-12(21-11)22-14-17-15-8-20-14/h1-2,8-10H,3-7H2,(H,16,19)/t10-/m0/s1. The monoisotopic (exact) mass is 336 g/mol. The zero-order valence-corrected chi connectivity index (χ0v) is 13.5. The maximum absolute atomic E-state index is 12.4. The summed E-state index contributed by atoms with van der Waals surface area (Å²) in [4.78, 5) is 15.6. The smallest absolute Gasteiger partial charge is 0.282 e. The van der Waals surface area contributed by atoms with E-state index >= 15 is 0 Å². The van der Waals surface area contributed by atoms with Crippen molar-refractivity contribution in [3.8, 4) is 0 Å². The first-order valence-electron chi connectivity index (χ1n) is 7.35. The number of aromatic nitrogens is 2. The Labute approximate surface area is 136 Å². The predicted molar refractivity (Wildman–Crippen MR) is 83.2 cm³/mol. The minimum Gasteiger partial charge on any atom is -0.419 e. The molecule has 2 bridgehead atoms. The number of hydrogen-bond donors (Lipinski definition) is 1. The third kappa shape index (κ3) is 2.90. The predicted octanol–water partition coefficient (Wildman–Crippen LogP) is 2.11. The van der Waals surface area contributed by atoms with Gasteiger partial charge in [-0.15, -0.1) is 21.5 Å². The van der Waals surface area contributed by atoms with Gasteiger partial charge >= 0.3 is 0 Å². The summed E-state index contributed by atoms with van der Waals surface area (Å²) in [6.07, 6.45) is 3.71. The van der Waals surface area contributed by atoms with E-state index in [1.165, 1.54) is 55.4 Å². The van der Waals surface area contributed by atoms with Crippen LogP contribution in [0.1, 0.15) is 22.5 Å². The minimum atomic E-state index is 0.0288. The van der Waals surface area contributed by atoms with Crippen LogP contribution in [-0.4, -0.2) is 46.7 Å². The Morgan fingerprint density at radius 3 is 2.95 bits per heavy atom. The largest absolute Gasteiger partial charge is 0.419 e. The van der Waals surface area contributed by atoms with Crippen LogP contribution < -0.4 is 5.32 Å². The molecule has 0 saturated carbocycles. The first-order valence-corrected chi connectivity index (χ1v) is 8.98. The van der Waals surface area contributed by atoms with Gasteiger partial charge in [0.1, 0.15) is 0 Å². The lowest BCUT2D eigenvalue weighted by Crippen LogP contribution is -2.57. The Hall–Kier alpha value is -1.38. The van der Waals surface area contributed by atoms with Crippen LogP contribution in [0, 0.1) is 5.92 Å². The summed E-state index contributed by atoms with van der Waals surface area (Å²) in [5, 5.41) is 11.2. The van der Waals surface area contributed by atoms with E-state index in [4.69, 9.17) is 4.42 Å². The third-order valence-electron chi connectivity index (χ3n) is 4.31. The van der Waals surface area contributed by atoms with Crippen molar-refractivity contribution in [3.05, 3.63) is 23.4 Å². The Morgan fingerprint density at radius 1 is 1.41 bits per heavy atom. The van der Waals surface area contributed by atoms with Crippen LogP contribution in [0.25, 0.3) is 0 Å². The van der Waals surface area contributed by atoms with E-state index in [0.717, 1.165) is 15.6 Å². The number of rotatable bonds is 4. The van der Waals surface area contributed by atoms with Gasteiger partial charge in [0.2, 0.25) is 6.39 Å². The fourth-order valence-corrected chi connectivity index (χ4v) is 4.94.